The monoisotopic (exact) mass is 447 g/mol. The van der Waals surface area contributed by atoms with E-state index in [1.165, 1.54) is 28.4 Å². The van der Waals surface area contributed by atoms with Gasteiger partial charge in [0, 0.05) is 13.1 Å². The third kappa shape index (κ3) is 4.97. The number of aryl methyl sites for hydroxylation is 1. The summed E-state index contributed by atoms with van der Waals surface area (Å²) in [5, 5.41) is 0.459. The van der Waals surface area contributed by atoms with Gasteiger partial charge in [0.25, 0.3) is 0 Å². The van der Waals surface area contributed by atoms with Gasteiger partial charge in [-0.25, -0.2) is 13.4 Å². The molecule has 0 atom stereocenters. The third-order valence-corrected chi connectivity index (χ3v) is 7.25. The van der Waals surface area contributed by atoms with E-state index >= 15 is 0 Å². The second-order valence-electron chi connectivity index (χ2n) is 7.22. The van der Waals surface area contributed by atoms with E-state index in [1.807, 2.05) is 38.1 Å². The lowest BCUT2D eigenvalue weighted by Gasteiger charge is -2.22. The Morgan fingerprint density at radius 2 is 1.80 bits per heavy atom. The molecule has 3 rings (SSSR count). The number of hydrogen-bond donors (Lipinski definition) is 0. The number of fused-ring (bicyclic) bond motifs is 1. The summed E-state index contributed by atoms with van der Waals surface area (Å²) < 4.78 is 31.8. The maximum Gasteiger partial charge on any atom is 0.244 e. The molecule has 0 bridgehead atoms. The zero-order valence-corrected chi connectivity index (χ0v) is 19.1. The molecule has 3 aromatic rings. The van der Waals surface area contributed by atoms with Crippen molar-refractivity contribution in [3.8, 4) is 5.75 Å². The van der Waals surface area contributed by atoms with Crippen LogP contribution in [0.3, 0.4) is 0 Å². The SMILES string of the molecule is COc1cccc2sc(N(CCN(C)C)C(=O)CS(=O)(=O)c3ccc(C)cc3)nc12. The summed E-state index contributed by atoms with van der Waals surface area (Å²) >= 11 is 1.34. The summed E-state index contributed by atoms with van der Waals surface area (Å²) in [6.45, 7) is 2.78. The molecule has 0 saturated heterocycles. The molecule has 0 spiro atoms. The number of amides is 1. The normalized spacial score (nSPS) is 11.8. The number of likely N-dealkylation sites (N-methyl/N-ethyl adjacent to an activating group) is 1. The van der Waals surface area contributed by atoms with Crippen molar-refractivity contribution in [2.24, 2.45) is 0 Å². The molecule has 0 N–H and O–H groups in total. The van der Waals surface area contributed by atoms with Crippen molar-refractivity contribution in [2.75, 3.05) is 44.9 Å². The molecule has 0 radical (unpaired) electrons. The van der Waals surface area contributed by atoms with E-state index in [0.717, 1.165) is 10.3 Å². The van der Waals surface area contributed by atoms with Gasteiger partial charge in [0.1, 0.15) is 17.0 Å². The number of anilines is 1. The highest BCUT2D eigenvalue weighted by Crippen LogP contribution is 2.34. The lowest BCUT2D eigenvalue weighted by Crippen LogP contribution is -2.40. The largest absolute Gasteiger partial charge is 0.494 e. The molecule has 9 heteroatoms. The van der Waals surface area contributed by atoms with Crippen molar-refractivity contribution in [1.82, 2.24) is 9.88 Å². The molecule has 1 heterocycles. The molecular formula is C21H25N3O4S2. The first-order valence-corrected chi connectivity index (χ1v) is 11.9. The maximum absolute atomic E-state index is 13.1. The summed E-state index contributed by atoms with van der Waals surface area (Å²) in [6, 6.07) is 12.1. The highest BCUT2D eigenvalue weighted by atomic mass is 32.2. The number of sulfone groups is 1. The lowest BCUT2D eigenvalue weighted by molar-refractivity contribution is -0.116. The number of aromatic nitrogens is 1. The van der Waals surface area contributed by atoms with E-state index in [4.69, 9.17) is 4.74 Å². The first-order chi connectivity index (χ1) is 14.2. The molecule has 30 heavy (non-hydrogen) atoms. The van der Waals surface area contributed by atoms with E-state index in [0.29, 0.717) is 29.5 Å². The van der Waals surface area contributed by atoms with E-state index < -0.39 is 21.5 Å². The number of thiazole rings is 1. The topological polar surface area (TPSA) is 79.8 Å². The van der Waals surface area contributed by atoms with E-state index in [-0.39, 0.29) is 4.90 Å². The number of rotatable bonds is 8. The number of carbonyl (C=O) groups excluding carboxylic acids is 1. The summed E-state index contributed by atoms with van der Waals surface area (Å²) in [5.41, 5.74) is 1.61. The van der Waals surface area contributed by atoms with Gasteiger partial charge in [0.05, 0.1) is 16.7 Å². The Hall–Kier alpha value is -2.49. The van der Waals surface area contributed by atoms with Gasteiger partial charge in [-0.1, -0.05) is 35.1 Å². The summed E-state index contributed by atoms with van der Waals surface area (Å²) in [5.74, 6) is -0.506. The highest BCUT2D eigenvalue weighted by molar-refractivity contribution is 7.92. The van der Waals surface area contributed by atoms with Crippen LogP contribution in [0.2, 0.25) is 0 Å². The van der Waals surface area contributed by atoms with Gasteiger partial charge >= 0.3 is 0 Å². The fourth-order valence-corrected chi connectivity index (χ4v) is 5.11. The lowest BCUT2D eigenvalue weighted by atomic mass is 10.2. The van der Waals surface area contributed by atoms with Crippen LogP contribution in [0.25, 0.3) is 10.2 Å². The predicted molar refractivity (Wildman–Crippen MR) is 120 cm³/mol. The van der Waals surface area contributed by atoms with Crippen LogP contribution in [-0.4, -0.2) is 64.3 Å². The fourth-order valence-electron chi connectivity index (χ4n) is 2.89. The minimum absolute atomic E-state index is 0.139. The van der Waals surface area contributed by atoms with Crippen LogP contribution in [0.1, 0.15) is 5.56 Å². The van der Waals surface area contributed by atoms with Gasteiger partial charge in [-0.15, -0.1) is 0 Å². The number of hydrogen-bond acceptors (Lipinski definition) is 7. The van der Waals surface area contributed by atoms with Gasteiger partial charge in [-0.2, -0.15) is 0 Å². The standard InChI is InChI=1S/C21H25N3O4S2/c1-15-8-10-16(11-9-15)30(26,27)14-19(25)24(13-12-23(2)3)21-22-20-17(28-4)6-5-7-18(20)29-21/h5-11H,12-14H2,1-4H3. The number of methoxy groups -OCH3 is 1. The Morgan fingerprint density at radius 1 is 1.10 bits per heavy atom. The third-order valence-electron chi connectivity index (χ3n) is 4.59. The molecule has 0 aliphatic carbocycles. The molecular weight excluding hydrogens is 422 g/mol. The average molecular weight is 448 g/mol. The summed E-state index contributed by atoms with van der Waals surface area (Å²) in [7, 11) is 1.59. The minimum atomic E-state index is -3.76. The van der Waals surface area contributed by atoms with Crippen LogP contribution in [0, 0.1) is 6.92 Å². The van der Waals surface area contributed by atoms with Crippen molar-refractivity contribution in [1.29, 1.82) is 0 Å². The van der Waals surface area contributed by atoms with E-state index in [2.05, 4.69) is 4.98 Å². The van der Waals surface area contributed by atoms with Gasteiger partial charge in [-0.3, -0.25) is 9.69 Å². The average Bonchev–Trinajstić information content (AvgIpc) is 3.11. The molecule has 7 nitrogen and oxygen atoms in total. The van der Waals surface area contributed by atoms with Crippen LogP contribution in [0.5, 0.6) is 5.75 Å². The maximum atomic E-state index is 13.1. The van der Waals surface area contributed by atoms with Crippen LogP contribution in [0.15, 0.2) is 47.4 Å². The van der Waals surface area contributed by atoms with E-state index in [1.54, 1.807) is 25.3 Å². The zero-order chi connectivity index (χ0) is 21.9. The fraction of sp³-hybridized carbons (Fsp3) is 0.333. The number of nitrogens with zero attached hydrogens (tertiary/aromatic N) is 3. The smallest absolute Gasteiger partial charge is 0.244 e. The number of carbonyl (C=O) groups is 1. The summed E-state index contributed by atoms with van der Waals surface area (Å²) in [6.07, 6.45) is 0. The first-order valence-electron chi connectivity index (χ1n) is 9.39. The van der Waals surface area contributed by atoms with Gasteiger partial charge in [0.2, 0.25) is 5.91 Å². The van der Waals surface area contributed by atoms with Gasteiger partial charge < -0.3 is 9.64 Å². The van der Waals surface area contributed by atoms with Crippen molar-refractivity contribution in [3.05, 3.63) is 48.0 Å². The Labute approximate surface area is 180 Å². The summed E-state index contributed by atoms with van der Waals surface area (Å²) in [4.78, 5) is 21.2. The second-order valence-corrected chi connectivity index (χ2v) is 10.2. The Balaban J connectivity index is 1.93. The van der Waals surface area contributed by atoms with E-state index in [9.17, 15) is 13.2 Å². The number of para-hydroxylation sites is 1. The van der Waals surface area contributed by atoms with Crippen LogP contribution in [0.4, 0.5) is 5.13 Å². The van der Waals surface area contributed by atoms with Crippen LogP contribution in [-0.2, 0) is 14.6 Å². The minimum Gasteiger partial charge on any atom is -0.494 e. The van der Waals surface area contributed by atoms with Crippen molar-refractivity contribution in [3.63, 3.8) is 0 Å². The quantitative estimate of drug-likeness (QED) is 0.528. The predicted octanol–water partition coefficient (Wildman–Crippen LogP) is 2.98. The van der Waals surface area contributed by atoms with Gasteiger partial charge in [0.15, 0.2) is 15.0 Å². The molecule has 1 aromatic heterocycles. The Kier molecular flexibility index (Phi) is 6.74. The Morgan fingerprint density at radius 3 is 2.43 bits per heavy atom. The number of benzene rings is 2. The molecule has 160 valence electrons. The van der Waals surface area contributed by atoms with Crippen LogP contribution < -0.4 is 9.64 Å². The van der Waals surface area contributed by atoms with Crippen molar-refractivity contribution in [2.45, 2.75) is 11.8 Å². The Bertz CT molecular complexity index is 1140. The van der Waals surface area contributed by atoms with Crippen molar-refractivity contribution < 1.29 is 17.9 Å². The molecule has 0 saturated carbocycles. The zero-order valence-electron chi connectivity index (χ0n) is 17.5. The van der Waals surface area contributed by atoms with Gasteiger partial charge in [-0.05, 0) is 45.3 Å². The molecule has 2 aromatic carbocycles. The molecule has 0 aliphatic rings. The molecule has 0 aliphatic heterocycles. The molecule has 0 unspecified atom stereocenters. The molecule has 1 amide bonds. The highest BCUT2D eigenvalue weighted by Gasteiger charge is 2.27. The first kappa shape index (κ1) is 22.2. The van der Waals surface area contributed by atoms with Crippen LogP contribution >= 0.6 is 11.3 Å². The second kappa shape index (κ2) is 9.11. The molecule has 0 fully saturated rings. The van der Waals surface area contributed by atoms with Crippen molar-refractivity contribution >= 4 is 42.4 Å². The number of ether oxygens (including phenoxy) is 1.